The van der Waals surface area contributed by atoms with Crippen molar-refractivity contribution in [3.8, 4) is 17.3 Å². The lowest BCUT2D eigenvalue weighted by molar-refractivity contribution is -0.128. The van der Waals surface area contributed by atoms with Crippen LogP contribution in [0.5, 0.6) is 0 Å². The molecule has 1 aliphatic carbocycles. The van der Waals surface area contributed by atoms with Gasteiger partial charge in [-0.1, -0.05) is 37.8 Å². The first-order valence-corrected chi connectivity index (χ1v) is 13.4. The number of nitrogens with one attached hydrogen (secondary N) is 1. The third-order valence-electron chi connectivity index (χ3n) is 5.19. The summed E-state index contributed by atoms with van der Waals surface area (Å²) in [7, 11) is -1.94. The number of pyridine rings is 1. The summed E-state index contributed by atoms with van der Waals surface area (Å²) in [5, 5.41) is 12.3. The van der Waals surface area contributed by atoms with E-state index in [0.29, 0.717) is 5.56 Å². The Bertz CT molecular complexity index is 930. The summed E-state index contributed by atoms with van der Waals surface area (Å²) in [5.41, 5.74) is 2.04. The molecular formula is C22H26N4O2Si. The van der Waals surface area contributed by atoms with E-state index in [1.807, 2.05) is 36.5 Å². The maximum Gasteiger partial charge on any atom is 0.251 e. The molecule has 29 heavy (non-hydrogen) atoms. The van der Waals surface area contributed by atoms with Gasteiger partial charge in [0.25, 0.3) is 5.91 Å². The number of nitriles is 1. The lowest BCUT2D eigenvalue weighted by Crippen LogP contribution is -2.47. The third kappa shape index (κ3) is 5.09. The van der Waals surface area contributed by atoms with Gasteiger partial charge in [0, 0.05) is 41.6 Å². The topological polar surface area (TPSA) is 86.1 Å². The van der Waals surface area contributed by atoms with E-state index in [2.05, 4.69) is 29.9 Å². The van der Waals surface area contributed by atoms with Crippen molar-refractivity contribution < 1.29 is 9.59 Å². The molecule has 1 aliphatic rings. The Balaban J connectivity index is 1.72. The summed E-state index contributed by atoms with van der Waals surface area (Å²) in [6.45, 7) is 6.52. The third-order valence-corrected chi connectivity index (χ3v) is 7.73. The maximum atomic E-state index is 13.0. The van der Waals surface area contributed by atoms with Crippen LogP contribution in [0.4, 0.5) is 0 Å². The normalized spacial score (nSPS) is 14.6. The maximum absolute atomic E-state index is 13.0. The first-order valence-electron chi connectivity index (χ1n) is 9.82. The highest BCUT2D eigenvalue weighted by atomic mass is 28.3. The molecule has 1 atom stereocenters. The molecule has 6 nitrogen and oxygen atoms in total. The predicted octanol–water partition coefficient (Wildman–Crippen LogP) is 3.66. The molecule has 1 saturated carbocycles. The second kappa shape index (κ2) is 8.58. The molecule has 0 spiro atoms. The molecule has 150 valence electrons. The van der Waals surface area contributed by atoms with E-state index in [1.165, 1.54) is 4.90 Å². The Morgan fingerprint density at radius 1 is 1.24 bits per heavy atom. The summed E-state index contributed by atoms with van der Waals surface area (Å²) < 4.78 is 0. The summed E-state index contributed by atoms with van der Waals surface area (Å²) >= 11 is 0. The number of carbonyl (C=O) groups excluding carboxylic acids is 2. The Labute approximate surface area is 172 Å². The van der Waals surface area contributed by atoms with E-state index < -0.39 is 8.07 Å². The summed E-state index contributed by atoms with van der Waals surface area (Å²) in [4.78, 5) is 31.2. The molecule has 1 fully saturated rings. The number of hydrogen-bond donors (Lipinski definition) is 1. The van der Waals surface area contributed by atoms with Gasteiger partial charge in [0.2, 0.25) is 5.91 Å². The molecule has 0 saturated heterocycles. The van der Waals surface area contributed by atoms with Crippen molar-refractivity contribution in [3.05, 3.63) is 54.4 Å². The highest BCUT2D eigenvalue weighted by Gasteiger charge is 2.41. The van der Waals surface area contributed by atoms with Gasteiger partial charge in [0.05, 0.1) is 8.07 Å². The van der Waals surface area contributed by atoms with Crippen LogP contribution in [0.25, 0.3) is 11.1 Å². The second-order valence-electron chi connectivity index (χ2n) is 8.49. The van der Waals surface area contributed by atoms with E-state index in [-0.39, 0.29) is 29.9 Å². The van der Waals surface area contributed by atoms with Crippen LogP contribution < -0.4 is 5.32 Å². The van der Waals surface area contributed by atoms with Gasteiger partial charge in [-0.3, -0.25) is 14.6 Å². The number of aromatic nitrogens is 1. The zero-order chi connectivity index (χ0) is 21.0. The minimum Gasteiger partial charge on any atom is -0.352 e. The van der Waals surface area contributed by atoms with Gasteiger partial charge in [-0.2, -0.15) is 5.26 Å². The largest absolute Gasteiger partial charge is 0.352 e. The Morgan fingerprint density at radius 2 is 1.97 bits per heavy atom. The van der Waals surface area contributed by atoms with E-state index in [4.69, 9.17) is 0 Å². The molecule has 1 aromatic carbocycles. The van der Waals surface area contributed by atoms with E-state index in [9.17, 15) is 14.9 Å². The standard InChI is InChI=1S/C22H26N4O2Si/c1-29(2,3)20(22(28)26(15-23)19-9-10-19)14-25-21(27)17-7-4-6-16(12-17)18-8-5-11-24-13-18/h4-8,11-13,19-20H,9-10,14H2,1-3H3,(H,25,27)/t20-/m0/s1. The Hall–Kier alpha value is -2.98. The van der Waals surface area contributed by atoms with Gasteiger partial charge in [-0.15, -0.1) is 0 Å². The molecule has 2 amide bonds. The average molecular weight is 407 g/mol. The molecule has 0 bridgehead atoms. The van der Waals surface area contributed by atoms with E-state index in [1.54, 1.807) is 18.5 Å². The van der Waals surface area contributed by atoms with Crippen molar-refractivity contribution in [2.24, 2.45) is 0 Å². The van der Waals surface area contributed by atoms with Crippen LogP contribution in [-0.2, 0) is 4.79 Å². The first-order chi connectivity index (χ1) is 13.8. The lowest BCUT2D eigenvalue weighted by atomic mass is 10.0. The highest BCUT2D eigenvalue weighted by Crippen LogP contribution is 2.31. The molecule has 1 heterocycles. The smallest absolute Gasteiger partial charge is 0.251 e. The number of benzene rings is 1. The van der Waals surface area contributed by atoms with Crippen molar-refractivity contribution in [2.45, 2.75) is 44.1 Å². The molecule has 3 rings (SSSR count). The fourth-order valence-corrected chi connectivity index (χ4v) is 4.84. The van der Waals surface area contributed by atoms with Crippen LogP contribution in [0.3, 0.4) is 0 Å². The van der Waals surface area contributed by atoms with Crippen LogP contribution in [0.15, 0.2) is 48.8 Å². The number of nitrogens with zero attached hydrogens (tertiary/aromatic N) is 3. The molecule has 1 aromatic heterocycles. The number of carbonyl (C=O) groups is 2. The first kappa shape index (κ1) is 20.7. The van der Waals surface area contributed by atoms with Crippen molar-refractivity contribution in [1.82, 2.24) is 15.2 Å². The monoisotopic (exact) mass is 406 g/mol. The van der Waals surface area contributed by atoms with Crippen molar-refractivity contribution in [1.29, 1.82) is 5.26 Å². The number of amides is 2. The summed E-state index contributed by atoms with van der Waals surface area (Å²) in [6, 6.07) is 11.2. The predicted molar refractivity (Wildman–Crippen MR) is 115 cm³/mol. The molecule has 0 radical (unpaired) electrons. The highest BCUT2D eigenvalue weighted by molar-refractivity contribution is 6.80. The van der Waals surface area contributed by atoms with Crippen LogP contribution in [0.1, 0.15) is 23.2 Å². The van der Waals surface area contributed by atoms with Gasteiger partial charge in [0.15, 0.2) is 6.19 Å². The zero-order valence-corrected chi connectivity index (χ0v) is 18.1. The van der Waals surface area contributed by atoms with Gasteiger partial charge in [-0.05, 0) is 36.6 Å². The molecule has 0 aliphatic heterocycles. The average Bonchev–Trinajstić information content (AvgIpc) is 3.53. The van der Waals surface area contributed by atoms with Crippen LogP contribution >= 0.6 is 0 Å². The summed E-state index contributed by atoms with van der Waals surface area (Å²) in [6.07, 6.45) is 7.27. The van der Waals surface area contributed by atoms with Gasteiger partial charge in [-0.25, -0.2) is 4.90 Å². The SMILES string of the molecule is C[Si](C)(C)[C@@H](CNC(=O)c1cccc(-c2cccnc2)c1)C(=O)N(C#N)C1CC1. The second-order valence-corrected chi connectivity index (χ2v) is 13.9. The Kier molecular flexibility index (Phi) is 6.14. The Morgan fingerprint density at radius 3 is 2.55 bits per heavy atom. The fourth-order valence-electron chi connectivity index (χ4n) is 3.25. The van der Waals surface area contributed by atoms with Gasteiger partial charge >= 0.3 is 0 Å². The van der Waals surface area contributed by atoms with Gasteiger partial charge in [0.1, 0.15) is 0 Å². The minimum absolute atomic E-state index is 0.0400. The zero-order valence-electron chi connectivity index (χ0n) is 17.1. The van der Waals surface area contributed by atoms with Crippen molar-refractivity contribution >= 4 is 19.9 Å². The quantitative estimate of drug-likeness (QED) is 0.432. The lowest BCUT2D eigenvalue weighted by Gasteiger charge is -2.30. The molecule has 1 N–H and O–H groups in total. The van der Waals surface area contributed by atoms with Gasteiger partial charge < -0.3 is 5.32 Å². The molecule has 0 unspecified atom stereocenters. The summed E-state index contributed by atoms with van der Waals surface area (Å²) in [5.74, 6) is -0.375. The van der Waals surface area contributed by atoms with Crippen molar-refractivity contribution in [2.75, 3.05) is 6.54 Å². The number of hydrogen-bond acceptors (Lipinski definition) is 4. The van der Waals surface area contributed by atoms with Crippen LogP contribution in [0.2, 0.25) is 25.2 Å². The number of rotatable bonds is 7. The van der Waals surface area contributed by atoms with E-state index >= 15 is 0 Å². The fraction of sp³-hybridized carbons (Fsp3) is 0.364. The molecule has 7 heteroatoms. The molecular weight excluding hydrogens is 380 g/mol. The molecule has 2 aromatic rings. The minimum atomic E-state index is -1.94. The van der Waals surface area contributed by atoms with Crippen LogP contribution in [-0.4, -0.2) is 42.4 Å². The van der Waals surface area contributed by atoms with Crippen LogP contribution in [0, 0.1) is 11.5 Å². The van der Waals surface area contributed by atoms with E-state index in [0.717, 1.165) is 24.0 Å². The van der Waals surface area contributed by atoms with Crippen molar-refractivity contribution in [3.63, 3.8) is 0 Å².